The third-order valence-electron chi connectivity index (χ3n) is 2.00. The first kappa shape index (κ1) is 12.2. The van der Waals surface area contributed by atoms with Gasteiger partial charge in [0.15, 0.2) is 0 Å². The summed E-state index contributed by atoms with van der Waals surface area (Å²) in [4.78, 5) is 0. The lowest BCUT2D eigenvalue weighted by Gasteiger charge is -2.27. The van der Waals surface area contributed by atoms with Gasteiger partial charge in [-0.15, -0.1) is 0 Å². The van der Waals surface area contributed by atoms with E-state index in [1.807, 2.05) is 20.8 Å². The molecule has 0 aliphatic carbocycles. The molecule has 4 heteroatoms. The SMILES string of the molecule is CCC(C)(C)OC(C)CC(N)=NO. The number of nitrogens with two attached hydrogens (primary N) is 1. The van der Waals surface area contributed by atoms with E-state index in [2.05, 4.69) is 12.1 Å². The Morgan fingerprint density at radius 2 is 2.15 bits per heavy atom. The summed E-state index contributed by atoms with van der Waals surface area (Å²) in [5, 5.41) is 11.2. The van der Waals surface area contributed by atoms with Crippen LogP contribution >= 0.6 is 0 Å². The van der Waals surface area contributed by atoms with Gasteiger partial charge in [-0.05, 0) is 27.2 Å². The molecular formula is C9H20N2O2. The standard InChI is InChI=1S/C9H20N2O2/c1-5-9(3,4)13-7(2)6-8(10)11-12/h7,12H,5-6H2,1-4H3,(H2,10,11). The van der Waals surface area contributed by atoms with E-state index in [9.17, 15) is 0 Å². The van der Waals surface area contributed by atoms with Gasteiger partial charge in [0.05, 0.1) is 11.7 Å². The van der Waals surface area contributed by atoms with E-state index in [-0.39, 0.29) is 17.5 Å². The van der Waals surface area contributed by atoms with Crippen LogP contribution < -0.4 is 5.73 Å². The molecule has 1 unspecified atom stereocenters. The molecular weight excluding hydrogens is 168 g/mol. The van der Waals surface area contributed by atoms with Crippen LogP contribution in [0.5, 0.6) is 0 Å². The Morgan fingerprint density at radius 3 is 2.54 bits per heavy atom. The fraction of sp³-hybridized carbons (Fsp3) is 0.889. The van der Waals surface area contributed by atoms with Gasteiger partial charge in [0.1, 0.15) is 5.84 Å². The molecule has 0 fully saturated rings. The minimum atomic E-state index is -0.144. The van der Waals surface area contributed by atoms with Crippen LogP contribution in [-0.2, 0) is 4.74 Å². The second-order valence-electron chi connectivity index (χ2n) is 3.84. The zero-order valence-corrected chi connectivity index (χ0v) is 8.87. The second-order valence-corrected chi connectivity index (χ2v) is 3.84. The highest BCUT2D eigenvalue weighted by molar-refractivity contribution is 5.79. The summed E-state index contributed by atoms with van der Waals surface area (Å²) in [6.07, 6.45) is 1.37. The zero-order valence-electron chi connectivity index (χ0n) is 8.87. The number of hydrogen-bond donors (Lipinski definition) is 2. The van der Waals surface area contributed by atoms with Crippen LogP contribution in [0.2, 0.25) is 0 Å². The molecule has 0 aromatic rings. The predicted octanol–water partition coefficient (Wildman–Crippen LogP) is 1.72. The van der Waals surface area contributed by atoms with Crippen LogP contribution in [0.15, 0.2) is 5.16 Å². The first-order chi connectivity index (χ1) is 5.91. The van der Waals surface area contributed by atoms with E-state index in [0.717, 1.165) is 6.42 Å². The van der Waals surface area contributed by atoms with Crippen LogP contribution in [0.4, 0.5) is 0 Å². The van der Waals surface area contributed by atoms with Crippen LogP contribution in [0.25, 0.3) is 0 Å². The summed E-state index contributed by atoms with van der Waals surface area (Å²) in [6.45, 7) is 8.03. The molecule has 0 bridgehead atoms. The largest absolute Gasteiger partial charge is 0.409 e. The molecule has 0 aliphatic heterocycles. The van der Waals surface area contributed by atoms with E-state index in [4.69, 9.17) is 15.7 Å². The summed E-state index contributed by atoms with van der Waals surface area (Å²) in [6, 6.07) is 0. The lowest BCUT2D eigenvalue weighted by Crippen LogP contribution is -2.31. The monoisotopic (exact) mass is 188 g/mol. The highest BCUT2D eigenvalue weighted by Gasteiger charge is 2.19. The van der Waals surface area contributed by atoms with Gasteiger partial charge in [-0.1, -0.05) is 12.1 Å². The van der Waals surface area contributed by atoms with E-state index in [0.29, 0.717) is 6.42 Å². The summed E-state index contributed by atoms with van der Waals surface area (Å²) in [7, 11) is 0. The average Bonchev–Trinajstić information content (AvgIpc) is 2.03. The number of oxime groups is 1. The predicted molar refractivity (Wildman–Crippen MR) is 52.9 cm³/mol. The third-order valence-corrected chi connectivity index (χ3v) is 2.00. The van der Waals surface area contributed by atoms with Gasteiger partial charge >= 0.3 is 0 Å². The molecule has 0 heterocycles. The minimum Gasteiger partial charge on any atom is -0.409 e. The van der Waals surface area contributed by atoms with E-state index < -0.39 is 0 Å². The topological polar surface area (TPSA) is 67.8 Å². The van der Waals surface area contributed by atoms with Crippen molar-refractivity contribution in [3.05, 3.63) is 0 Å². The fourth-order valence-electron chi connectivity index (χ4n) is 1.00. The van der Waals surface area contributed by atoms with Gasteiger partial charge in [0, 0.05) is 6.42 Å². The van der Waals surface area contributed by atoms with Crippen LogP contribution in [0.3, 0.4) is 0 Å². The molecule has 4 nitrogen and oxygen atoms in total. The number of hydrogen-bond acceptors (Lipinski definition) is 3. The maximum Gasteiger partial charge on any atom is 0.141 e. The van der Waals surface area contributed by atoms with Crippen molar-refractivity contribution < 1.29 is 9.94 Å². The lowest BCUT2D eigenvalue weighted by molar-refractivity contribution is -0.0623. The third kappa shape index (κ3) is 5.47. The first-order valence-electron chi connectivity index (χ1n) is 4.55. The summed E-state index contributed by atoms with van der Waals surface area (Å²) < 4.78 is 5.69. The van der Waals surface area contributed by atoms with Crippen molar-refractivity contribution in [2.24, 2.45) is 10.9 Å². The molecule has 0 radical (unpaired) electrons. The molecule has 0 rings (SSSR count). The smallest absolute Gasteiger partial charge is 0.141 e. The maximum atomic E-state index is 8.35. The maximum absolute atomic E-state index is 8.35. The highest BCUT2D eigenvalue weighted by Crippen LogP contribution is 2.17. The van der Waals surface area contributed by atoms with Gasteiger partial charge < -0.3 is 15.7 Å². The van der Waals surface area contributed by atoms with Crippen LogP contribution in [0.1, 0.15) is 40.5 Å². The highest BCUT2D eigenvalue weighted by atomic mass is 16.5. The molecule has 0 saturated heterocycles. The minimum absolute atomic E-state index is 0.0224. The molecule has 3 N–H and O–H groups in total. The Bertz CT molecular complexity index is 178. The molecule has 1 atom stereocenters. The van der Waals surface area contributed by atoms with Crippen LogP contribution in [0, 0.1) is 0 Å². The molecule has 78 valence electrons. The molecule has 13 heavy (non-hydrogen) atoms. The van der Waals surface area contributed by atoms with E-state index in [1.165, 1.54) is 0 Å². The van der Waals surface area contributed by atoms with E-state index in [1.54, 1.807) is 0 Å². The first-order valence-corrected chi connectivity index (χ1v) is 4.55. The summed E-state index contributed by atoms with van der Waals surface area (Å²) >= 11 is 0. The number of ether oxygens (including phenoxy) is 1. The van der Waals surface area contributed by atoms with Gasteiger partial charge in [-0.3, -0.25) is 0 Å². The zero-order chi connectivity index (χ0) is 10.5. The second kappa shape index (κ2) is 5.07. The van der Waals surface area contributed by atoms with Crippen molar-refractivity contribution in [2.75, 3.05) is 0 Å². The molecule has 0 amide bonds. The van der Waals surface area contributed by atoms with Crippen molar-refractivity contribution >= 4 is 5.84 Å². The van der Waals surface area contributed by atoms with Crippen molar-refractivity contribution in [3.8, 4) is 0 Å². The van der Waals surface area contributed by atoms with Crippen molar-refractivity contribution in [2.45, 2.75) is 52.2 Å². The summed E-state index contributed by atoms with van der Waals surface area (Å²) in [5.74, 6) is 0.208. The Kier molecular flexibility index (Phi) is 4.77. The quantitative estimate of drug-likeness (QED) is 0.299. The van der Waals surface area contributed by atoms with Gasteiger partial charge in [0.2, 0.25) is 0 Å². The van der Waals surface area contributed by atoms with Gasteiger partial charge in [0.25, 0.3) is 0 Å². The Morgan fingerprint density at radius 1 is 1.62 bits per heavy atom. The molecule has 0 spiro atoms. The average molecular weight is 188 g/mol. The Hall–Kier alpha value is -0.770. The fourth-order valence-corrected chi connectivity index (χ4v) is 1.00. The van der Waals surface area contributed by atoms with Crippen molar-refractivity contribution in [3.63, 3.8) is 0 Å². The normalized spacial score (nSPS) is 15.8. The summed E-state index contributed by atoms with van der Waals surface area (Å²) in [5.41, 5.74) is 5.21. The lowest BCUT2D eigenvalue weighted by atomic mass is 10.1. The molecule has 0 aromatic carbocycles. The van der Waals surface area contributed by atoms with Crippen LogP contribution in [-0.4, -0.2) is 22.7 Å². The Labute approximate surface area is 79.8 Å². The van der Waals surface area contributed by atoms with Crippen molar-refractivity contribution in [1.82, 2.24) is 0 Å². The number of nitrogens with zero attached hydrogens (tertiary/aromatic N) is 1. The van der Waals surface area contributed by atoms with Crippen molar-refractivity contribution in [1.29, 1.82) is 0 Å². The number of amidine groups is 1. The molecule has 0 saturated carbocycles. The Balaban J connectivity index is 3.94. The molecule has 0 aliphatic rings. The van der Waals surface area contributed by atoms with Gasteiger partial charge in [-0.2, -0.15) is 0 Å². The number of rotatable bonds is 5. The van der Waals surface area contributed by atoms with E-state index >= 15 is 0 Å². The van der Waals surface area contributed by atoms with Gasteiger partial charge in [-0.25, -0.2) is 0 Å². The molecule has 0 aromatic heterocycles.